The van der Waals surface area contributed by atoms with E-state index in [1.807, 2.05) is 30.9 Å². The van der Waals surface area contributed by atoms with E-state index in [1.165, 1.54) is 0 Å². The van der Waals surface area contributed by atoms with Gasteiger partial charge in [0, 0.05) is 30.6 Å². The lowest BCUT2D eigenvalue weighted by Crippen LogP contribution is -2.40. The Morgan fingerprint density at radius 1 is 1.53 bits per heavy atom. The molecule has 1 atom stereocenters. The van der Waals surface area contributed by atoms with Crippen molar-refractivity contribution in [3.63, 3.8) is 0 Å². The molecule has 2 rings (SSSR count). The molecule has 1 aromatic carbocycles. The van der Waals surface area contributed by atoms with Gasteiger partial charge >= 0.3 is 0 Å². The molecule has 0 aliphatic carbocycles. The molecule has 1 saturated heterocycles. The summed E-state index contributed by atoms with van der Waals surface area (Å²) in [7, 11) is 1.87. The summed E-state index contributed by atoms with van der Waals surface area (Å²) in [6.07, 6.45) is 0. The van der Waals surface area contributed by atoms with E-state index in [2.05, 4.69) is 17.1 Å². The third kappa shape index (κ3) is 2.93. The second-order valence-corrected chi connectivity index (χ2v) is 5.58. The quantitative estimate of drug-likeness (QED) is 0.892. The molecular formula is C13H19FN2S. The molecule has 1 aromatic rings. The molecule has 94 valence electrons. The summed E-state index contributed by atoms with van der Waals surface area (Å²) in [5, 5.41) is 3.04. The number of rotatable bonds is 3. The average Bonchev–Trinajstić information content (AvgIpc) is 2.31. The van der Waals surface area contributed by atoms with E-state index in [0.29, 0.717) is 12.6 Å². The van der Waals surface area contributed by atoms with Gasteiger partial charge in [0.15, 0.2) is 0 Å². The topological polar surface area (TPSA) is 15.3 Å². The van der Waals surface area contributed by atoms with Crippen LogP contribution in [0.4, 0.5) is 10.1 Å². The van der Waals surface area contributed by atoms with Crippen LogP contribution in [0.25, 0.3) is 0 Å². The van der Waals surface area contributed by atoms with Gasteiger partial charge in [-0.2, -0.15) is 11.8 Å². The van der Waals surface area contributed by atoms with Gasteiger partial charge in [0.1, 0.15) is 5.82 Å². The van der Waals surface area contributed by atoms with Crippen LogP contribution in [0.1, 0.15) is 12.5 Å². The molecule has 0 saturated carbocycles. The molecule has 17 heavy (non-hydrogen) atoms. The van der Waals surface area contributed by atoms with E-state index >= 15 is 0 Å². The lowest BCUT2D eigenvalue weighted by molar-refractivity contribution is 0.600. The first kappa shape index (κ1) is 12.7. The van der Waals surface area contributed by atoms with Gasteiger partial charge < -0.3 is 10.2 Å². The maximum Gasteiger partial charge on any atom is 0.146 e. The van der Waals surface area contributed by atoms with Crippen LogP contribution in [0.3, 0.4) is 0 Å². The highest BCUT2D eigenvalue weighted by atomic mass is 32.2. The summed E-state index contributed by atoms with van der Waals surface area (Å²) in [5.41, 5.74) is 1.74. The molecule has 1 heterocycles. The first-order valence-electron chi connectivity index (χ1n) is 6.00. The highest BCUT2D eigenvalue weighted by Crippen LogP contribution is 2.27. The predicted molar refractivity (Wildman–Crippen MR) is 73.3 cm³/mol. The van der Waals surface area contributed by atoms with Gasteiger partial charge in [-0.1, -0.05) is 6.07 Å². The van der Waals surface area contributed by atoms with Crippen LogP contribution < -0.4 is 10.2 Å². The number of thioether (sulfide) groups is 1. The molecule has 0 aromatic heterocycles. The molecule has 0 radical (unpaired) electrons. The van der Waals surface area contributed by atoms with Gasteiger partial charge in [-0.05, 0) is 31.7 Å². The second kappa shape index (κ2) is 5.74. The Kier molecular flexibility index (Phi) is 4.29. The van der Waals surface area contributed by atoms with Crippen LogP contribution in [0.15, 0.2) is 18.2 Å². The number of hydrogen-bond acceptors (Lipinski definition) is 3. The summed E-state index contributed by atoms with van der Waals surface area (Å²) in [6, 6.07) is 5.97. The van der Waals surface area contributed by atoms with Crippen LogP contribution >= 0.6 is 11.8 Å². The molecular weight excluding hydrogens is 235 g/mol. The third-order valence-corrected chi connectivity index (χ3v) is 4.26. The van der Waals surface area contributed by atoms with Crippen molar-refractivity contribution in [1.29, 1.82) is 0 Å². The average molecular weight is 254 g/mol. The SMILES string of the molecule is CNCc1ccc(N2CCSCC2C)c(F)c1. The Hall–Kier alpha value is -0.740. The number of hydrogen-bond donors (Lipinski definition) is 1. The summed E-state index contributed by atoms with van der Waals surface area (Å²) in [6.45, 7) is 3.81. The number of nitrogens with one attached hydrogen (secondary N) is 1. The van der Waals surface area contributed by atoms with Crippen molar-refractivity contribution in [3.8, 4) is 0 Å². The zero-order chi connectivity index (χ0) is 12.3. The molecule has 0 amide bonds. The third-order valence-electron chi connectivity index (χ3n) is 3.07. The van der Waals surface area contributed by atoms with Gasteiger partial charge in [0.25, 0.3) is 0 Å². The Morgan fingerprint density at radius 3 is 3.00 bits per heavy atom. The van der Waals surface area contributed by atoms with Crippen LogP contribution in [-0.4, -0.2) is 31.1 Å². The lowest BCUT2D eigenvalue weighted by Gasteiger charge is -2.35. The standard InChI is InChI=1S/C13H19FN2S/c1-10-9-17-6-5-16(10)13-4-3-11(8-15-2)7-12(13)14/h3-4,7,10,15H,5-6,8-9H2,1-2H3. The largest absolute Gasteiger partial charge is 0.365 e. The Bertz CT molecular complexity index is 384. The van der Waals surface area contributed by atoms with Crippen molar-refractivity contribution in [2.24, 2.45) is 0 Å². The van der Waals surface area contributed by atoms with Gasteiger partial charge in [-0.25, -0.2) is 4.39 Å². The van der Waals surface area contributed by atoms with Crippen LogP contribution in [0, 0.1) is 5.82 Å². The molecule has 1 fully saturated rings. The van der Waals surface area contributed by atoms with E-state index in [-0.39, 0.29) is 5.82 Å². The first-order chi connectivity index (χ1) is 8.22. The molecule has 0 bridgehead atoms. The van der Waals surface area contributed by atoms with Crippen molar-refractivity contribution in [1.82, 2.24) is 5.32 Å². The molecule has 1 N–H and O–H groups in total. The van der Waals surface area contributed by atoms with Gasteiger partial charge in [0.2, 0.25) is 0 Å². The fraction of sp³-hybridized carbons (Fsp3) is 0.538. The Morgan fingerprint density at radius 2 is 2.35 bits per heavy atom. The van der Waals surface area contributed by atoms with Crippen molar-refractivity contribution >= 4 is 17.4 Å². The highest BCUT2D eigenvalue weighted by molar-refractivity contribution is 7.99. The zero-order valence-electron chi connectivity index (χ0n) is 10.4. The summed E-state index contributed by atoms with van der Waals surface area (Å²) >= 11 is 1.94. The predicted octanol–water partition coefficient (Wildman–Crippen LogP) is 2.49. The van der Waals surface area contributed by atoms with Crippen LogP contribution in [0.2, 0.25) is 0 Å². The van der Waals surface area contributed by atoms with Crippen molar-refractivity contribution in [2.45, 2.75) is 19.5 Å². The highest BCUT2D eigenvalue weighted by Gasteiger charge is 2.21. The fourth-order valence-corrected chi connectivity index (χ4v) is 3.20. The van der Waals surface area contributed by atoms with E-state index in [1.54, 1.807) is 6.07 Å². The minimum atomic E-state index is -0.100. The minimum absolute atomic E-state index is 0.100. The smallest absolute Gasteiger partial charge is 0.146 e. The monoisotopic (exact) mass is 254 g/mol. The van der Waals surface area contributed by atoms with E-state index < -0.39 is 0 Å². The minimum Gasteiger partial charge on any atom is -0.365 e. The number of benzene rings is 1. The summed E-state index contributed by atoms with van der Waals surface area (Å²) in [5.74, 6) is 2.07. The number of halogens is 1. The van der Waals surface area contributed by atoms with E-state index in [4.69, 9.17) is 0 Å². The molecule has 1 aliphatic rings. The Labute approximate surface area is 107 Å². The molecule has 2 nitrogen and oxygen atoms in total. The number of anilines is 1. The maximum atomic E-state index is 14.1. The zero-order valence-corrected chi connectivity index (χ0v) is 11.2. The van der Waals surface area contributed by atoms with Crippen molar-refractivity contribution in [2.75, 3.05) is 30.0 Å². The molecule has 1 aliphatic heterocycles. The van der Waals surface area contributed by atoms with Crippen LogP contribution in [0.5, 0.6) is 0 Å². The van der Waals surface area contributed by atoms with E-state index in [0.717, 1.165) is 29.3 Å². The van der Waals surface area contributed by atoms with Gasteiger partial charge in [-0.15, -0.1) is 0 Å². The summed E-state index contributed by atoms with van der Waals surface area (Å²) < 4.78 is 14.1. The second-order valence-electron chi connectivity index (χ2n) is 4.43. The molecule has 1 unspecified atom stereocenters. The van der Waals surface area contributed by atoms with Gasteiger partial charge in [-0.3, -0.25) is 0 Å². The van der Waals surface area contributed by atoms with E-state index in [9.17, 15) is 4.39 Å². The Balaban J connectivity index is 2.20. The van der Waals surface area contributed by atoms with Crippen molar-refractivity contribution < 1.29 is 4.39 Å². The normalized spacial score (nSPS) is 20.6. The molecule has 4 heteroatoms. The summed E-state index contributed by atoms with van der Waals surface area (Å²) in [4.78, 5) is 2.18. The number of nitrogens with zero attached hydrogens (tertiary/aromatic N) is 1. The maximum absolute atomic E-state index is 14.1. The first-order valence-corrected chi connectivity index (χ1v) is 7.15. The van der Waals surface area contributed by atoms with Gasteiger partial charge in [0.05, 0.1) is 5.69 Å². The fourth-order valence-electron chi connectivity index (χ4n) is 2.18. The molecule has 0 spiro atoms. The van der Waals surface area contributed by atoms with Crippen molar-refractivity contribution in [3.05, 3.63) is 29.6 Å². The lowest BCUT2D eigenvalue weighted by atomic mass is 10.1. The van der Waals surface area contributed by atoms with Crippen LogP contribution in [-0.2, 0) is 6.54 Å².